The molecular weight excluding hydrogens is 313 g/mol. The zero-order valence-corrected chi connectivity index (χ0v) is 11.9. The van der Waals surface area contributed by atoms with Gasteiger partial charge in [-0.2, -0.15) is 18.3 Å². The van der Waals surface area contributed by atoms with Crippen LogP contribution < -0.4 is 0 Å². The number of carbonyl (C=O) groups excluding carboxylic acids is 1. The van der Waals surface area contributed by atoms with Gasteiger partial charge in [0.05, 0.1) is 31.6 Å². The van der Waals surface area contributed by atoms with Gasteiger partial charge in [-0.3, -0.25) is 5.10 Å². The predicted molar refractivity (Wildman–Crippen MR) is 72.5 cm³/mol. The second-order valence-electron chi connectivity index (χ2n) is 5.13. The molecule has 0 fully saturated rings. The van der Waals surface area contributed by atoms with E-state index in [4.69, 9.17) is 9.47 Å². The van der Waals surface area contributed by atoms with E-state index in [0.717, 1.165) is 17.3 Å². The fourth-order valence-corrected chi connectivity index (χ4v) is 2.38. The van der Waals surface area contributed by atoms with Crippen molar-refractivity contribution in [3.8, 4) is 0 Å². The summed E-state index contributed by atoms with van der Waals surface area (Å²) in [5.41, 5.74) is 1.36. The summed E-state index contributed by atoms with van der Waals surface area (Å²) in [5, 5.41) is 5.30. The Morgan fingerprint density at radius 3 is 2.87 bits per heavy atom. The van der Waals surface area contributed by atoms with Crippen LogP contribution in [0, 0.1) is 0 Å². The quantitative estimate of drug-likeness (QED) is 0.878. The van der Waals surface area contributed by atoms with Gasteiger partial charge in [0.1, 0.15) is 5.69 Å². The Kier molecular flexibility index (Phi) is 4.08. The van der Waals surface area contributed by atoms with Gasteiger partial charge in [0.15, 0.2) is 0 Å². The van der Waals surface area contributed by atoms with Crippen LogP contribution in [-0.2, 0) is 35.3 Å². The van der Waals surface area contributed by atoms with Crippen molar-refractivity contribution < 1.29 is 27.4 Å². The van der Waals surface area contributed by atoms with Gasteiger partial charge in [0.25, 0.3) is 0 Å². The third-order valence-electron chi connectivity index (χ3n) is 3.56. The first-order chi connectivity index (χ1) is 10.9. The average molecular weight is 326 g/mol. The van der Waals surface area contributed by atoms with Crippen molar-refractivity contribution in [3.05, 3.63) is 52.3 Å². The number of nitrogens with zero attached hydrogens (tertiary/aromatic N) is 1. The summed E-state index contributed by atoms with van der Waals surface area (Å²) in [6.45, 7) is 0.806. The van der Waals surface area contributed by atoms with Crippen LogP contribution in [0.2, 0.25) is 0 Å². The fourth-order valence-electron chi connectivity index (χ4n) is 2.38. The van der Waals surface area contributed by atoms with Gasteiger partial charge in [-0.25, -0.2) is 4.79 Å². The Morgan fingerprint density at radius 1 is 1.30 bits per heavy atom. The molecule has 1 aliphatic rings. The maximum atomic E-state index is 12.7. The lowest BCUT2D eigenvalue weighted by atomic mass is 10.1. The molecule has 0 atom stereocenters. The molecule has 0 saturated heterocycles. The number of nitrogens with one attached hydrogen (secondary N) is 1. The van der Waals surface area contributed by atoms with E-state index in [-0.39, 0.29) is 18.6 Å². The minimum absolute atomic E-state index is 0.0346. The Bertz CT molecular complexity index is 725. The molecule has 2 heterocycles. The Hall–Kier alpha value is -2.35. The van der Waals surface area contributed by atoms with Gasteiger partial charge in [-0.1, -0.05) is 6.07 Å². The molecule has 23 heavy (non-hydrogen) atoms. The summed E-state index contributed by atoms with van der Waals surface area (Å²) in [6, 6.07) is 5.09. The van der Waals surface area contributed by atoms with Gasteiger partial charge in [-0.15, -0.1) is 0 Å². The molecule has 0 unspecified atom stereocenters. The van der Waals surface area contributed by atoms with E-state index in [9.17, 15) is 18.0 Å². The van der Waals surface area contributed by atoms with Crippen LogP contribution in [0.3, 0.4) is 0 Å². The number of hydrogen-bond acceptors (Lipinski definition) is 4. The van der Waals surface area contributed by atoms with Gasteiger partial charge >= 0.3 is 12.1 Å². The second kappa shape index (κ2) is 6.04. The lowest BCUT2D eigenvalue weighted by molar-refractivity contribution is -0.141. The van der Waals surface area contributed by atoms with Crippen molar-refractivity contribution in [1.82, 2.24) is 10.2 Å². The number of halogens is 3. The molecule has 8 heteroatoms. The summed E-state index contributed by atoms with van der Waals surface area (Å²) in [6.07, 6.45) is -3.48. The third-order valence-corrected chi connectivity index (χ3v) is 3.56. The molecule has 2 aromatic rings. The van der Waals surface area contributed by atoms with Crippen molar-refractivity contribution in [2.75, 3.05) is 6.61 Å². The van der Waals surface area contributed by atoms with Crippen LogP contribution in [0.5, 0.6) is 0 Å². The van der Waals surface area contributed by atoms with Crippen molar-refractivity contribution in [2.45, 2.75) is 25.8 Å². The Morgan fingerprint density at radius 2 is 2.09 bits per heavy atom. The van der Waals surface area contributed by atoms with Crippen LogP contribution in [0.4, 0.5) is 13.2 Å². The van der Waals surface area contributed by atoms with E-state index in [1.165, 1.54) is 0 Å². The first-order valence-corrected chi connectivity index (χ1v) is 6.91. The molecule has 0 aliphatic carbocycles. The van der Waals surface area contributed by atoms with Crippen LogP contribution in [-0.4, -0.2) is 22.8 Å². The highest BCUT2D eigenvalue weighted by Crippen LogP contribution is 2.30. The van der Waals surface area contributed by atoms with Crippen LogP contribution in [0.25, 0.3) is 0 Å². The topological polar surface area (TPSA) is 64.2 Å². The first-order valence-electron chi connectivity index (χ1n) is 6.91. The molecule has 1 aromatic heterocycles. The molecule has 1 aliphatic heterocycles. The van der Waals surface area contributed by atoms with Gasteiger partial charge in [0, 0.05) is 12.0 Å². The number of carbonyl (C=O) groups is 1. The molecular formula is C15H13F3N2O3. The van der Waals surface area contributed by atoms with Gasteiger partial charge in [-0.05, 0) is 23.3 Å². The number of benzene rings is 1. The van der Waals surface area contributed by atoms with Crippen LogP contribution >= 0.6 is 0 Å². The number of hydrogen-bond donors (Lipinski definition) is 1. The Balaban J connectivity index is 1.59. The number of alkyl halides is 3. The van der Waals surface area contributed by atoms with E-state index in [0.29, 0.717) is 18.8 Å². The van der Waals surface area contributed by atoms with E-state index in [2.05, 4.69) is 5.10 Å². The molecule has 0 spiro atoms. The van der Waals surface area contributed by atoms with Crippen LogP contribution in [0.15, 0.2) is 24.4 Å². The van der Waals surface area contributed by atoms with E-state index >= 15 is 0 Å². The number of esters is 1. The molecule has 1 N–H and O–H groups in total. The fraction of sp³-hybridized carbons (Fsp3) is 0.333. The maximum absolute atomic E-state index is 12.7. The molecule has 0 saturated carbocycles. The van der Waals surface area contributed by atoms with Gasteiger partial charge < -0.3 is 9.47 Å². The van der Waals surface area contributed by atoms with Crippen LogP contribution in [0.1, 0.15) is 32.7 Å². The van der Waals surface area contributed by atoms with Crippen molar-refractivity contribution in [3.63, 3.8) is 0 Å². The number of ether oxygens (including phenoxy) is 2. The standard InChI is InChI=1S/C15H13F3N2O3/c16-15(17,18)13-10(6-19-20-13)3-4-23-14(21)9-1-2-11-7-22-8-12(11)5-9/h1-2,5-6H,3-4,7-8H2,(H,19,20). The number of rotatable bonds is 4. The number of aromatic amines is 1. The third kappa shape index (κ3) is 3.37. The zero-order chi connectivity index (χ0) is 16.4. The summed E-state index contributed by atoms with van der Waals surface area (Å²) in [5.74, 6) is -0.572. The van der Waals surface area contributed by atoms with Gasteiger partial charge in [0.2, 0.25) is 0 Å². The molecule has 122 valence electrons. The van der Waals surface area contributed by atoms with Crippen molar-refractivity contribution in [2.24, 2.45) is 0 Å². The average Bonchev–Trinajstić information content (AvgIpc) is 3.14. The Labute approximate surface area is 129 Å². The number of H-pyrrole nitrogens is 1. The normalized spacial score (nSPS) is 13.9. The first kappa shape index (κ1) is 15.5. The minimum atomic E-state index is -4.50. The lowest BCUT2D eigenvalue weighted by Gasteiger charge is -2.08. The SMILES string of the molecule is O=C(OCCc1cn[nH]c1C(F)(F)F)c1ccc2c(c1)COC2. The molecule has 0 radical (unpaired) electrons. The molecule has 5 nitrogen and oxygen atoms in total. The summed E-state index contributed by atoms with van der Waals surface area (Å²) < 4.78 is 48.3. The number of aromatic nitrogens is 2. The zero-order valence-electron chi connectivity index (χ0n) is 11.9. The van der Waals surface area contributed by atoms with Crippen molar-refractivity contribution in [1.29, 1.82) is 0 Å². The van der Waals surface area contributed by atoms with E-state index < -0.39 is 17.8 Å². The molecule has 0 amide bonds. The molecule has 1 aromatic carbocycles. The van der Waals surface area contributed by atoms with E-state index in [1.807, 2.05) is 5.10 Å². The molecule has 3 rings (SSSR count). The lowest BCUT2D eigenvalue weighted by Crippen LogP contribution is -2.12. The largest absolute Gasteiger partial charge is 0.462 e. The maximum Gasteiger partial charge on any atom is 0.433 e. The number of fused-ring (bicyclic) bond motifs is 1. The highest BCUT2D eigenvalue weighted by atomic mass is 19.4. The molecule has 0 bridgehead atoms. The minimum Gasteiger partial charge on any atom is -0.462 e. The second-order valence-corrected chi connectivity index (χ2v) is 5.13. The predicted octanol–water partition coefficient (Wildman–Crippen LogP) is 2.86. The summed E-state index contributed by atoms with van der Waals surface area (Å²) >= 11 is 0. The highest BCUT2D eigenvalue weighted by molar-refractivity contribution is 5.89. The van der Waals surface area contributed by atoms with E-state index in [1.54, 1.807) is 18.2 Å². The highest BCUT2D eigenvalue weighted by Gasteiger charge is 2.35. The smallest absolute Gasteiger partial charge is 0.433 e. The van der Waals surface area contributed by atoms with Crippen molar-refractivity contribution >= 4 is 5.97 Å². The summed E-state index contributed by atoms with van der Waals surface area (Å²) in [7, 11) is 0. The summed E-state index contributed by atoms with van der Waals surface area (Å²) in [4.78, 5) is 11.9. The monoisotopic (exact) mass is 326 g/mol.